The number of rotatable bonds is 7. The highest BCUT2D eigenvalue weighted by Gasteiger charge is 2.40. The monoisotopic (exact) mass is 602 g/mol. The Morgan fingerprint density at radius 2 is 1.88 bits per heavy atom. The van der Waals surface area contributed by atoms with Gasteiger partial charge >= 0.3 is 12.0 Å². The Morgan fingerprint density at radius 1 is 1.10 bits per heavy atom. The van der Waals surface area contributed by atoms with Gasteiger partial charge < -0.3 is 24.4 Å². The molecule has 0 saturated carbocycles. The van der Waals surface area contributed by atoms with E-state index in [1.807, 2.05) is 18.7 Å². The fraction of sp³-hybridized carbons (Fsp3) is 0.414. The van der Waals surface area contributed by atoms with Gasteiger partial charge in [-0.3, -0.25) is 14.6 Å². The molecule has 2 unspecified atom stereocenters. The predicted octanol–water partition coefficient (Wildman–Crippen LogP) is 4.47. The standard InChI is InChI=1S/C29H32Cl2N4O6/c1-4-34-21(24(28(37)39-5-2)26(32-29(34)38)19-7-6-8-20(30)25(19)31)15-33-11-12-35(17(3)14-33)27(36)18-9-10-22-23(13-18)41-16-40-22/h6-10,13,17,26H,4-5,11-12,14-16H2,1-3H3,(H,32,38). The highest BCUT2D eigenvalue weighted by Crippen LogP contribution is 2.38. The fourth-order valence-corrected chi connectivity index (χ4v) is 5.94. The van der Waals surface area contributed by atoms with Gasteiger partial charge in [0.1, 0.15) is 0 Å². The van der Waals surface area contributed by atoms with Crippen LogP contribution < -0.4 is 14.8 Å². The summed E-state index contributed by atoms with van der Waals surface area (Å²) in [6.45, 7) is 8.08. The van der Waals surface area contributed by atoms with Crippen LogP contribution in [0.5, 0.6) is 11.5 Å². The lowest BCUT2D eigenvalue weighted by molar-refractivity contribution is -0.139. The fourth-order valence-electron chi connectivity index (χ4n) is 5.52. The lowest BCUT2D eigenvalue weighted by Gasteiger charge is -2.43. The number of amides is 3. The molecule has 1 fully saturated rings. The Labute approximate surface area is 248 Å². The third-order valence-corrected chi connectivity index (χ3v) is 8.34. The summed E-state index contributed by atoms with van der Waals surface area (Å²) >= 11 is 12.8. The number of benzene rings is 2. The molecule has 5 rings (SSSR count). The molecule has 0 aliphatic carbocycles. The molecule has 1 N–H and O–H groups in total. The molecule has 1 saturated heterocycles. The first-order valence-electron chi connectivity index (χ1n) is 13.6. The van der Waals surface area contributed by atoms with E-state index in [1.165, 1.54) is 0 Å². The molecule has 3 aliphatic heterocycles. The van der Waals surface area contributed by atoms with E-state index >= 15 is 0 Å². The molecule has 0 spiro atoms. The van der Waals surface area contributed by atoms with Crippen molar-refractivity contribution in [3.8, 4) is 11.5 Å². The third-order valence-electron chi connectivity index (χ3n) is 7.51. The van der Waals surface area contributed by atoms with E-state index in [1.54, 1.807) is 48.2 Å². The van der Waals surface area contributed by atoms with Crippen LogP contribution in [0.3, 0.4) is 0 Å². The maximum atomic E-state index is 13.4. The zero-order chi connectivity index (χ0) is 29.3. The molecule has 3 aliphatic rings. The molecule has 12 heteroatoms. The Kier molecular flexibility index (Phi) is 8.63. The van der Waals surface area contributed by atoms with Crippen molar-refractivity contribution in [2.24, 2.45) is 0 Å². The Morgan fingerprint density at radius 3 is 2.61 bits per heavy atom. The van der Waals surface area contributed by atoms with Gasteiger partial charge in [-0.25, -0.2) is 9.59 Å². The second-order valence-electron chi connectivity index (χ2n) is 10.0. The molecule has 0 aromatic heterocycles. The van der Waals surface area contributed by atoms with E-state index in [9.17, 15) is 14.4 Å². The lowest BCUT2D eigenvalue weighted by atomic mass is 9.93. The van der Waals surface area contributed by atoms with Crippen LogP contribution >= 0.6 is 23.2 Å². The number of carbonyl (C=O) groups excluding carboxylic acids is 3. The minimum absolute atomic E-state index is 0.0928. The summed E-state index contributed by atoms with van der Waals surface area (Å²) in [5, 5.41) is 3.50. The first-order valence-corrected chi connectivity index (χ1v) is 14.3. The number of fused-ring (bicyclic) bond motifs is 1. The van der Waals surface area contributed by atoms with Gasteiger partial charge in [-0.15, -0.1) is 0 Å². The molecule has 2 aromatic carbocycles. The Hall–Kier alpha value is -3.47. The quantitative estimate of drug-likeness (QED) is 0.467. The van der Waals surface area contributed by atoms with E-state index in [0.717, 1.165) is 0 Å². The molecule has 2 atom stereocenters. The molecule has 218 valence electrons. The SMILES string of the molecule is CCOC(=O)C1=C(CN2CCN(C(=O)c3ccc4c(c3)OCO4)C(C)C2)N(CC)C(=O)NC1c1cccc(Cl)c1Cl. The number of ether oxygens (including phenoxy) is 3. The second-order valence-corrected chi connectivity index (χ2v) is 10.8. The van der Waals surface area contributed by atoms with Crippen molar-refractivity contribution in [3.05, 3.63) is 68.8 Å². The smallest absolute Gasteiger partial charge is 0.338 e. The molecular formula is C29H32Cl2N4O6. The third kappa shape index (κ3) is 5.68. The van der Waals surface area contributed by atoms with Crippen LogP contribution in [0.15, 0.2) is 47.7 Å². The van der Waals surface area contributed by atoms with Crippen molar-refractivity contribution in [1.82, 2.24) is 20.0 Å². The van der Waals surface area contributed by atoms with Gasteiger partial charge in [0, 0.05) is 50.0 Å². The van der Waals surface area contributed by atoms with Gasteiger partial charge in [0.2, 0.25) is 6.79 Å². The van der Waals surface area contributed by atoms with Crippen LogP contribution in [0, 0.1) is 0 Å². The van der Waals surface area contributed by atoms with Gasteiger partial charge in [0.15, 0.2) is 11.5 Å². The first-order chi connectivity index (χ1) is 19.7. The van der Waals surface area contributed by atoms with Crippen LogP contribution in [0.1, 0.15) is 42.7 Å². The highest BCUT2D eigenvalue weighted by atomic mass is 35.5. The van der Waals surface area contributed by atoms with Gasteiger partial charge in [-0.2, -0.15) is 0 Å². The number of hydrogen-bond donors (Lipinski definition) is 1. The molecular weight excluding hydrogens is 571 g/mol. The molecule has 41 heavy (non-hydrogen) atoms. The molecule has 0 bridgehead atoms. The average molecular weight is 604 g/mol. The number of urea groups is 1. The van der Waals surface area contributed by atoms with E-state index < -0.39 is 12.0 Å². The first kappa shape index (κ1) is 29.0. The van der Waals surface area contributed by atoms with E-state index in [2.05, 4.69) is 10.2 Å². The number of hydrogen-bond acceptors (Lipinski definition) is 7. The molecule has 2 aromatic rings. The molecule has 3 heterocycles. The maximum absolute atomic E-state index is 13.4. The normalized spacial score (nSPS) is 20.8. The van der Waals surface area contributed by atoms with Crippen molar-refractivity contribution >= 4 is 41.1 Å². The summed E-state index contributed by atoms with van der Waals surface area (Å²) in [7, 11) is 0. The van der Waals surface area contributed by atoms with Gasteiger partial charge in [-0.05, 0) is 50.6 Å². The summed E-state index contributed by atoms with van der Waals surface area (Å²) < 4.78 is 16.3. The summed E-state index contributed by atoms with van der Waals surface area (Å²) in [4.78, 5) is 45.6. The predicted molar refractivity (Wildman–Crippen MR) is 153 cm³/mol. The number of likely N-dealkylation sites (N-methyl/N-ethyl adjacent to an activating group) is 1. The zero-order valence-corrected chi connectivity index (χ0v) is 24.6. The topological polar surface area (TPSA) is 101 Å². The Balaban J connectivity index is 1.42. The summed E-state index contributed by atoms with van der Waals surface area (Å²) in [5.41, 5.74) is 1.89. The van der Waals surface area contributed by atoms with E-state index in [0.29, 0.717) is 71.6 Å². The van der Waals surface area contributed by atoms with Crippen LogP contribution in [0.2, 0.25) is 10.0 Å². The van der Waals surface area contributed by atoms with Gasteiger partial charge in [-0.1, -0.05) is 35.3 Å². The van der Waals surface area contributed by atoms with Crippen molar-refractivity contribution in [2.45, 2.75) is 32.9 Å². The minimum Gasteiger partial charge on any atom is -0.463 e. The second kappa shape index (κ2) is 12.2. The number of esters is 1. The van der Waals surface area contributed by atoms with E-state index in [4.69, 9.17) is 37.4 Å². The largest absolute Gasteiger partial charge is 0.463 e. The van der Waals surface area contributed by atoms with Crippen LogP contribution in [-0.2, 0) is 9.53 Å². The van der Waals surface area contributed by atoms with Gasteiger partial charge in [0.25, 0.3) is 5.91 Å². The number of nitrogens with zero attached hydrogens (tertiary/aromatic N) is 3. The summed E-state index contributed by atoms with van der Waals surface area (Å²) in [6, 6.07) is 9.00. The van der Waals surface area contributed by atoms with Crippen molar-refractivity contribution < 1.29 is 28.6 Å². The molecule has 0 radical (unpaired) electrons. The number of halogens is 2. The summed E-state index contributed by atoms with van der Waals surface area (Å²) in [5.74, 6) is 0.557. The number of piperazine rings is 1. The minimum atomic E-state index is -0.836. The highest BCUT2D eigenvalue weighted by molar-refractivity contribution is 6.42. The van der Waals surface area contributed by atoms with Crippen molar-refractivity contribution in [2.75, 3.05) is 46.1 Å². The lowest BCUT2D eigenvalue weighted by Crippen LogP contribution is -2.56. The van der Waals surface area contributed by atoms with Crippen LogP contribution in [-0.4, -0.2) is 84.8 Å². The van der Waals surface area contributed by atoms with Crippen molar-refractivity contribution in [1.29, 1.82) is 0 Å². The zero-order valence-electron chi connectivity index (χ0n) is 23.1. The summed E-state index contributed by atoms with van der Waals surface area (Å²) in [6.07, 6.45) is 0. The van der Waals surface area contributed by atoms with Crippen LogP contribution in [0.4, 0.5) is 4.79 Å². The molecule has 3 amide bonds. The number of carbonyl (C=O) groups is 3. The van der Waals surface area contributed by atoms with Crippen LogP contribution in [0.25, 0.3) is 0 Å². The Bertz CT molecular complexity index is 1400. The van der Waals surface area contributed by atoms with E-state index in [-0.39, 0.29) is 36.4 Å². The average Bonchev–Trinajstić information content (AvgIpc) is 3.42. The van der Waals surface area contributed by atoms with Crippen molar-refractivity contribution in [3.63, 3.8) is 0 Å². The number of nitrogens with one attached hydrogen (secondary N) is 1. The maximum Gasteiger partial charge on any atom is 0.338 e. The molecule has 10 nitrogen and oxygen atoms in total. The van der Waals surface area contributed by atoms with Gasteiger partial charge in [0.05, 0.1) is 28.3 Å².